The fraction of sp³-hybridized carbons (Fsp3) is 0.133. The van der Waals surface area contributed by atoms with Gasteiger partial charge in [-0.05, 0) is 30.0 Å². The number of hydrogen-bond donors (Lipinski definition) is 0. The molecular weight excluding hydrogens is 230 g/mol. The van der Waals surface area contributed by atoms with E-state index >= 15 is 0 Å². The molecule has 0 fully saturated rings. The van der Waals surface area contributed by atoms with E-state index in [0.29, 0.717) is 0 Å². The second-order valence-electron chi connectivity index (χ2n) is 4.34. The van der Waals surface area contributed by atoms with Crippen molar-refractivity contribution in [1.82, 2.24) is 0 Å². The minimum Gasteiger partial charge on any atom is -1.00 e. The van der Waals surface area contributed by atoms with Gasteiger partial charge in [-0.1, -0.05) is 24.3 Å². The molecule has 0 aliphatic rings. The Hall–Kier alpha value is -1.60. The molecule has 0 saturated carbocycles. The molecule has 2 heteroatoms. The number of H-pyrrole nitrogens is 1. The second-order valence-corrected chi connectivity index (χ2v) is 4.34. The van der Waals surface area contributed by atoms with E-state index in [1.807, 2.05) is 0 Å². The highest BCUT2D eigenvalue weighted by Gasteiger charge is 2.09. The van der Waals surface area contributed by atoms with E-state index in [1.54, 1.807) is 0 Å². The van der Waals surface area contributed by atoms with Crippen molar-refractivity contribution in [2.24, 2.45) is 0 Å². The highest BCUT2D eigenvalue weighted by atomic mass is 35.5. The van der Waals surface area contributed by atoms with E-state index in [2.05, 4.69) is 61.3 Å². The minimum atomic E-state index is 0. The smallest absolute Gasteiger partial charge is 0.219 e. The number of fused-ring (bicyclic) bond motifs is 3. The highest BCUT2D eigenvalue weighted by molar-refractivity contribution is 6.04. The van der Waals surface area contributed by atoms with Crippen LogP contribution in [0.1, 0.15) is 11.3 Å². The number of halogens is 1. The summed E-state index contributed by atoms with van der Waals surface area (Å²) in [6.45, 7) is 4.27. The van der Waals surface area contributed by atoms with Gasteiger partial charge in [-0.25, -0.2) is 4.98 Å². The largest absolute Gasteiger partial charge is 1.00 e. The first-order valence-corrected chi connectivity index (χ1v) is 5.57. The molecule has 0 radical (unpaired) electrons. The van der Waals surface area contributed by atoms with Gasteiger partial charge in [0.05, 0.1) is 5.39 Å². The number of pyridine rings is 1. The Morgan fingerprint density at radius 3 is 2.47 bits per heavy atom. The monoisotopic (exact) mass is 243 g/mol. The molecule has 0 aliphatic heterocycles. The van der Waals surface area contributed by atoms with Crippen molar-refractivity contribution in [3.63, 3.8) is 0 Å². The average Bonchev–Trinajstić information content (AvgIpc) is 2.28. The molecule has 86 valence electrons. The number of aromatic nitrogens is 1. The third kappa shape index (κ3) is 1.87. The molecule has 3 aromatic rings. The molecular formula is C15H14ClN. The summed E-state index contributed by atoms with van der Waals surface area (Å²) in [5, 5.41) is 3.90. The molecule has 3 rings (SSSR count). The molecule has 0 saturated heterocycles. The number of rotatable bonds is 0. The molecule has 1 nitrogen and oxygen atoms in total. The van der Waals surface area contributed by atoms with Crippen molar-refractivity contribution in [2.45, 2.75) is 13.8 Å². The summed E-state index contributed by atoms with van der Waals surface area (Å²) >= 11 is 0. The van der Waals surface area contributed by atoms with Crippen LogP contribution < -0.4 is 17.4 Å². The van der Waals surface area contributed by atoms with Gasteiger partial charge in [-0.15, -0.1) is 0 Å². The minimum absolute atomic E-state index is 0. The molecule has 0 bridgehead atoms. The maximum Gasteiger partial charge on any atom is 0.219 e. The average molecular weight is 244 g/mol. The third-order valence-corrected chi connectivity index (χ3v) is 3.11. The SMILES string of the molecule is Cc1cc(C)c2ccc3ccccc3c2[nH+]1.[Cl-]. The zero-order valence-electron chi connectivity index (χ0n) is 9.92. The van der Waals surface area contributed by atoms with E-state index in [4.69, 9.17) is 0 Å². The first kappa shape index (κ1) is 11.9. The van der Waals surface area contributed by atoms with Crippen LogP contribution in [0.15, 0.2) is 42.5 Å². The number of hydrogen-bond acceptors (Lipinski definition) is 0. The zero-order valence-corrected chi connectivity index (χ0v) is 10.7. The topological polar surface area (TPSA) is 14.1 Å². The van der Waals surface area contributed by atoms with Gasteiger partial charge in [0.25, 0.3) is 0 Å². The molecule has 1 N–H and O–H groups in total. The van der Waals surface area contributed by atoms with E-state index < -0.39 is 0 Å². The van der Waals surface area contributed by atoms with Crippen molar-refractivity contribution in [3.05, 3.63) is 53.7 Å². The normalized spacial score (nSPS) is 10.5. The summed E-state index contributed by atoms with van der Waals surface area (Å²) in [5.74, 6) is 0. The third-order valence-electron chi connectivity index (χ3n) is 3.11. The lowest BCUT2D eigenvalue weighted by Gasteiger charge is -2.02. The van der Waals surface area contributed by atoms with Gasteiger partial charge in [0, 0.05) is 18.4 Å². The molecule has 0 spiro atoms. The fourth-order valence-corrected chi connectivity index (χ4v) is 2.37. The van der Waals surface area contributed by atoms with Crippen molar-refractivity contribution < 1.29 is 17.4 Å². The first-order valence-electron chi connectivity index (χ1n) is 5.57. The summed E-state index contributed by atoms with van der Waals surface area (Å²) in [5.41, 5.74) is 3.79. The second kappa shape index (κ2) is 4.34. The molecule has 0 amide bonds. The predicted molar refractivity (Wildman–Crippen MR) is 67.5 cm³/mol. The Bertz CT molecular complexity index is 689. The van der Waals surface area contributed by atoms with Crippen molar-refractivity contribution in [3.8, 4) is 0 Å². The Morgan fingerprint density at radius 2 is 1.65 bits per heavy atom. The first-order chi connectivity index (χ1) is 7.75. The van der Waals surface area contributed by atoms with Gasteiger partial charge in [0.1, 0.15) is 0 Å². The van der Waals surface area contributed by atoms with Gasteiger partial charge < -0.3 is 12.4 Å². The number of benzene rings is 2. The Labute approximate surface area is 107 Å². The summed E-state index contributed by atoms with van der Waals surface area (Å²) in [6.07, 6.45) is 0. The van der Waals surface area contributed by atoms with Crippen LogP contribution >= 0.6 is 0 Å². The van der Waals surface area contributed by atoms with Crippen molar-refractivity contribution >= 4 is 21.7 Å². The van der Waals surface area contributed by atoms with Crippen LogP contribution in [-0.4, -0.2) is 0 Å². The van der Waals surface area contributed by atoms with Crippen molar-refractivity contribution in [2.75, 3.05) is 0 Å². The van der Waals surface area contributed by atoms with Gasteiger partial charge in [-0.2, -0.15) is 0 Å². The Kier molecular flexibility index (Phi) is 3.03. The van der Waals surface area contributed by atoms with Crippen LogP contribution in [0.3, 0.4) is 0 Å². The maximum absolute atomic E-state index is 3.47. The molecule has 1 aromatic heterocycles. The van der Waals surface area contributed by atoms with Crippen LogP contribution in [-0.2, 0) is 0 Å². The Balaban J connectivity index is 0.00000108. The number of aromatic amines is 1. The molecule has 0 unspecified atom stereocenters. The molecule has 0 aliphatic carbocycles. The Morgan fingerprint density at radius 1 is 0.882 bits per heavy atom. The fourth-order valence-electron chi connectivity index (χ4n) is 2.37. The van der Waals surface area contributed by atoms with E-state index in [-0.39, 0.29) is 12.4 Å². The lowest BCUT2D eigenvalue weighted by molar-refractivity contribution is -0.353. The van der Waals surface area contributed by atoms with Gasteiger partial charge in [0.2, 0.25) is 5.52 Å². The van der Waals surface area contributed by atoms with Gasteiger partial charge in [-0.3, -0.25) is 0 Å². The van der Waals surface area contributed by atoms with Crippen LogP contribution in [0.4, 0.5) is 0 Å². The maximum atomic E-state index is 3.47. The zero-order chi connectivity index (χ0) is 11.1. The predicted octanol–water partition coefficient (Wildman–Crippen LogP) is 0.428. The van der Waals surface area contributed by atoms with Crippen molar-refractivity contribution in [1.29, 1.82) is 0 Å². The van der Waals surface area contributed by atoms with Crippen LogP contribution in [0.5, 0.6) is 0 Å². The highest BCUT2D eigenvalue weighted by Crippen LogP contribution is 2.24. The van der Waals surface area contributed by atoms with Gasteiger partial charge in [0.15, 0.2) is 5.69 Å². The van der Waals surface area contributed by atoms with E-state index in [9.17, 15) is 0 Å². The quantitative estimate of drug-likeness (QED) is 0.509. The number of nitrogens with one attached hydrogen (secondary N) is 1. The summed E-state index contributed by atoms with van der Waals surface area (Å²) in [4.78, 5) is 3.47. The molecule has 0 atom stereocenters. The summed E-state index contributed by atoms with van der Waals surface area (Å²) in [7, 11) is 0. The summed E-state index contributed by atoms with van der Waals surface area (Å²) < 4.78 is 0. The van der Waals surface area contributed by atoms with E-state index in [0.717, 1.165) is 0 Å². The molecule has 17 heavy (non-hydrogen) atoms. The van der Waals surface area contributed by atoms with Gasteiger partial charge >= 0.3 is 0 Å². The summed E-state index contributed by atoms with van der Waals surface area (Å²) in [6, 6.07) is 15.1. The van der Waals surface area contributed by atoms with Crippen LogP contribution in [0.2, 0.25) is 0 Å². The molecule has 2 aromatic carbocycles. The van der Waals surface area contributed by atoms with Crippen LogP contribution in [0, 0.1) is 13.8 Å². The number of aryl methyl sites for hydroxylation is 2. The van der Waals surface area contributed by atoms with E-state index in [1.165, 1.54) is 32.9 Å². The lowest BCUT2D eigenvalue weighted by atomic mass is 10.0. The molecule has 1 heterocycles. The van der Waals surface area contributed by atoms with Crippen LogP contribution in [0.25, 0.3) is 21.7 Å². The lowest BCUT2D eigenvalue weighted by Crippen LogP contribution is -3.00. The standard InChI is InChI=1S/C15H13N.ClH/c1-10-9-11(2)16-15-13(10)8-7-12-5-3-4-6-14(12)15;/h3-9H,1-2H3;1H.